The monoisotopic (exact) mass is 377 g/mol. The molecule has 0 aliphatic heterocycles. The Morgan fingerprint density at radius 3 is 2.89 bits per heavy atom. The van der Waals surface area contributed by atoms with E-state index in [4.69, 9.17) is 11.6 Å². The number of hydrogen-bond donors (Lipinski definition) is 1. The molecule has 4 heteroatoms. The second kappa shape index (κ2) is 6.24. The Kier molecular flexibility index (Phi) is 4.90. The SMILES string of the molecule is CC1CCC(CNC(=O)c2ccc(I)c(Cl)c2)C1. The number of benzene rings is 1. The van der Waals surface area contributed by atoms with Crippen LogP contribution in [0.2, 0.25) is 5.02 Å². The molecule has 0 heterocycles. The van der Waals surface area contributed by atoms with Crippen molar-refractivity contribution in [1.29, 1.82) is 0 Å². The second-order valence-electron chi connectivity index (χ2n) is 5.12. The first-order valence-corrected chi connectivity index (χ1v) is 7.75. The van der Waals surface area contributed by atoms with E-state index in [9.17, 15) is 4.79 Å². The summed E-state index contributed by atoms with van der Waals surface area (Å²) in [6, 6.07) is 5.42. The van der Waals surface area contributed by atoms with Gasteiger partial charge < -0.3 is 5.32 Å². The maximum absolute atomic E-state index is 12.0. The number of carbonyl (C=O) groups excluding carboxylic acids is 1. The minimum atomic E-state index is -0.0205. The van der Waals surface area contributed by atoms with Crippen LogP contribution in [0.3, 0.4) is 0 Å². The van der Waals surface area contributed by atoms with Gasteiger partial charge in [-0.05, 0) is 65.5 Å². The second-order valence-corrected chi connectivity index (χ2v) is 6.69. The zero-order chi connectivity index (χ0) is 13.1. The standard InChI is InChI=1S/C14H17ClINO/c1-9-2-3-10(6-9)8-17-14(18)11-4-5-13(16)12(15)7-11/h4-5,7,9-10H,2-3,6,8H2,1H3,(H,17,18). The summed E-state index contributed by atoms with van der Waals surface area (Å²) in [7, 11) is 0. The van der Waals surface area contributed by atoms with Gasteiger partial charge in [-0.15, -0.1) is 0 Å². The molecule has 1 fully saturated rings. The third-order valence-electron chi connectivity index (χ3n) is 3.54. The van der Waals surface area contributed by atoms with Crippen LogP contribution in [0.4, 0.5) is 0 Å². The molecule has 2 atom stereocenters. The highest BCUT2D eigenvalue weighted by Crippen LogP contribution is 2.29. The first-order chi connectivity index (χ1) is 8.56. The molecule has 1 N–H and O–H groups in total. The maximum Gasteiger partial charge on any atom is 0.251 e. The van der Waals surface area contributed by atoms with Crippen LogP contribution in [0, 0.1) is 15.4 Å². The van der Waals surface area contributed by atoms with Crippen molar-refractivity contribution in [3.8, 4) is 0 Å². The van der Waals surface area contributed by atoms with Crippen molar-refractivity contribution < 1.29 is 4.79 Å². The highest BCUT2D eigenvalue weighted by molar-refractivity contribution is 14.1. The van der Waals surface area contributed by atoms with Crippen molar-refractivity contribution in [3.05, 3.63) is 32.4 Å². The molecule has 1 saturated carbocycles. The molecule has 98 valence electrons. The van der Waals surface area contributed by atoms with Gasteiger partial charge in [-0.3, -0.25) is 4.79 Å². The van der Waals surface area contributed by atoms with Gasteiger partial charge in [0.2, 0.25) is 0 Å². The predicted molar refractivity (Wildman–Crippen MR) is 83.0 cm³/mol. The van der Waals surface area contributed by atoms with Crippen LogP contribution < -0.4 is 5.32 Å². The topological polar surface area (TPSA) is 29.1 Å². The average Bonchev–Trinajstić information content (AvgIpc) is 2.75. The Labute approximate surface area is 127 Å². The molecule has 0 saturated heterocycles. The smallest absolute Gasteiger partial charge is 0.251 e. The Morgan fingerprint density at radius 2 is 2.28 bits per heavy atom. The van der Waals surface area contributed by atoms with E-state index in [0.717, 1.165) is 16.0 Å². The van der Waals surface area contributed by atoms with Crippen LogP contribution in [-0.2, 0) is 0 Å². The zero-order valence-electron chi connectivity index (χ0n) is 10.4. The van der Waals surface area contributed by atoms with E-state index in [1.807, 2.05) is 12.1 Å². The van der Waals surface area contributed by atoms with Gasteiger partial charge in [0.1, 0.15) is 0 Å². The molecule has 2 unspecified atom stereocenters. The van der Waals surface area contributed by atoms with Crippen LogP contribution in [0.25, 0.3) is 0 Å². The molecule has 0 spiro atoms. The average molecular weight is 378 g/mol. The van der Waals surface area contributed by atoms with Crippen molar-refractivity contribution >= 4 is 40.1 Å². The highest BCUT2D eigenvalue weighted by atomic mass is 127. The molecule has 0 radical (unpaired) electrons. The molecule has 1 amide bonds. The third-order valence-corrected chi connectivity index (χ3v) is 5.11. The van der Waals surface area contributed by atoms with Crippen molar-refractivity contribution in [1.82, 2.24) is 5.32 Å². The van der Waals surface area contributed by atoms with Gasteiger partial charge in [0.25, 0.3) is 5.91 Å². The van der Waals surface area contributed by atoms with Crippen LogP contribution in [0.5, 0.6) is 0 Å². The largest absolute Gasteiger partial charge is 0.352 e. The lowest BCUT2D eigenvalue weighted by Gasteiger charge is -2.11. The lowest BCUT2D eigenvalue weighted by Crippen LogP contribution is -2.28. The summed E-state index contributed by atoms with van der Waals surface area (Å²) in [5.41, 5.74) is 0.645. The predicted octanol–water partition coefficient (Wildman–Crippen LogP) is 4.11. The molecule has 2 nitrogen and oxygen atoms in total. The minimum Gasteiger partial charge on any atom is -0.352 e. The summed E-state index contributed by atoms with van der Waals surface area (Å²) in [4.78, 5) is 12.0. The number of halogens is 2. The van der Waals surface area contributed by atoms with Gasteiger partial charge in [-0.25, -0.2) is 0 Å². The lowest BCUT2D eigenvalue weighted by molar-refractivity contribution is 0.0947. The van der Waals surface area contributed by atoms with Crippen molar-refractivity contribution in [2.45, 2.75) is 26.2 Å². The molecule has 1 aromatic rings. The summed E-state index contributed by atoms with van der Waals surface area (Å²) >= 11 is 8.17. The van der Waals surface area contributed by atoms with E-state index in [0.29, 0.717) is 16.5 Å². The van der Waals surface area contributed by atoms with E-state index >= 15 is 0 Å². The number of rotatable bonds is 3. The van der Waals surface area contributed by atoms with Crippen molar-refractivity contribution in [2.75, 3.05) is 6.54 Å². The van der Waals surface area contributed by atoms with Gasteiger partial charge in [-0.1, -0.05) is 24.9 Å². The van der Waals surface area contributed by atoms with Crippen LogP contribution in [0.1, 0.15) is 36.5 Å². The Morgan fingerprint density at radius 1 is 1.50 bits per heavy atom. The van der Waals surface area contributed by atoms with Crippen molar-refractivity contribution in [2.24, 2.45) is 11.8 Å². The van der Waals surface area contributed by atoms with Gasteiger partial charge in [0.05, 0.1) is 5.02 Å². The van der Waals surface area contributed by atoms with E-state index in [1.165, 1.54) is 19.3 Å². The highest BCUT2D eigenvalue weighted by Gasteiger charge is 2.21. The molecular weight excluding hydrogens is 361 g/mol. The summed E-state index contributed by atoms with van der Waals surface area (Å²) in [6.45, 7) is 3.06. The minimum absolute atomic E-state index is 0.0205. The summed E-state index contributed by atoms with van der Waals surface area (Å²) in [6.07, 6.45) is 3.75. The molecule has 1 aromatic carbocycles. The molecule has 0 bridgehead atoms. The van der Waals surface area contributed by atoms with Gasteiger partial charge in [-0.2, -0.15) is 0 Å². The fourth-order valence-corrected chi connectivity index (χ4v) is 3.00. The van der Waals surface area contributed by atoms with E-state index in [2.05, 4.69) is 34.8 Å². The molecule has 18 heavy (non-hydrogen) atoms. The third kappa shape index (κ3) is 3.60. The fraction of sp³-hybridized carbons (Fsp3) is 0.500. The fourth-order valence-electron chi connectivity index (χ4n) is 2.49. The summed E-state index contributed by atoms with van der Waals surface area (Å²) in [5.74, 6) is 1.43. The molecule has 1 aliphatic rings. The van der Waals surface area contributed by atoms with E-state index in [-0.39, 0.29) is 5.91 Å². The Hall–Kier alpha value is -0.290. The lowest BCUT2D eigenvalue weighted by atomic mass is 10.1. The molecule has 0 aromatic heterocycles. The summed E-state index contributed by atoms with van der Waals surface area (Å²) < 4.78 is 0.968. The van der Waals surface area contributed by atoms with Gasteiger partial charge in [0.15, 0.2) is 0 Å². The van der Waals surface area contributed by atoms with Crippen LogP contribution in [-0.4, -0.2) is 12.5 Å². The Balaban J connectivity index is 1.89. The number of carbonyl (C=O) groups is 1. The first kappa shape index (κ1) is 14.1. The number of hydrogen-bond acceptors (Lipinski definition) is 1. The number of nitrogens with one attached hydrogen (secondary N) is 1. The molecule has 2 rings (SSSR count). The van der Waals surface area contributed by atoms with Crippen LogP contribution in [0.15, 0.2) is 18.2 Å². The Bertz CT molecular complexity index is 449. The molecular formula is C14H17ClINO. The van der Waals surface area contributed by atoms with Gasteiger partial charge >= 0.3 is 0 Å². The first-order valence-electron chi connectivity index (χ1n) is 6.29. The molecule has 1 aliphatic carbocycles. The van der Waals surface area contributed by atoms with Crippen LogP contribution >= 0.6 is 34.2 Å². The normalized spacial score (nSPS) is 23.1. The quantitative estimate of drug-likeness (QED) is 0.789. The number of amides is 1. The van der Waals surface area contributed by atoms with Gasteiger partial charge in [0, 0.05) is 15.7 Å². The van der Waals surface area contributed by atoms with E-state index in [1.54, 1.807) is 6.07 Å². The zero-order valence-corrected chi connectivity index (χ0v) is 13.3. The van der Waals surface area contributed by atoms with E-state index < -0.39 is 0 Å². The summed E-state index contributed by atoms with van der Waals surface area (Å²) in [5, 5.41) is 3.64. The van der Waals surface area contributed by atoms with Crippen molar-refractivity contribution in [3.63, 3.8) is 0 Å². The maximum atomic E-state index is 12.0.